The molecule has 0 unspecified atom stereocenters. The van der Waals surface area contributed by atoms with Crippen molar-refractivity contribution in [1.82, 2.24) is 19.9 Å². The number of nitrogens with zero attached hydrogens (tertiary/aromatic N) is 5. The van der Waals surface area contributed by atoms with Crippen molar-refractivity contribution in [1.29, 1.82) is 0 Å². The second-order valence-corrected chi connectivity index (χ2v) is 6.80. The Morgan fingerprint density at radius 1 is 1.25 bits per heavy atom. The molecule has 0 aliphatic rings. The van der Waals surface area contributed by atoms with E-state index in [1.165, 1.54) is 11.3 Å². The van der Waals surface area contributed by atoms with Crippen molar-refractivity contribution in [3.05, 3.63) is 51.8 Å². The molecule has 0 aliphatic carbocycles. The molecule has 1 amide bonds. The van der Waals surface area contributed by atoms with Crippen molar-refractivity contribution >= 4 is 39.0 Å². The molecule has 24 heavy (non-hydrogen) atoms. The predicted molar refractivity (Wildman–Crippen MR) is 97.2 cm³/mol. The first-order valence-corrected chi connectivity index (χ1v) is 8.89. The van der Waals surface area contributed by atoms with Crippen molar-refractivity contribution in [2.75, 3.05) is 11.4 Å². The molecular weight excluding hydrogens is 390 g/mol. The molecule has 0 atom stereocenters. The zero-order valence-electron chi connectivity index (χ0n) is 13.1. The number of aryl methyl sites for hydroxylation is 1. The highest BCUT2D eigenvalue weighted by atomic mass is 79.9. The zero-order chi connectivity index (χ0) is 17.1. The lowest BCUT2D eigenvalue weighted by atomic mass is 10.3. The fraction of sp³-hybridized carbons (Fsp3) is 0.188. The quantitative estimate of drug-likeness (QED) is 0.663. The minimum Gasteiger partial charge on any atom is -0.292 e. The van der Waals surface area contributed by atoms with Gasteiger partial charge < -0.3 is 0 Å². The normalized spacial score (nSPS) is 10.6. The van der Waals surface area contributed by atoms with E-state index >= 15 is 0 Å². The number of thiazole rings is 1. The maximum absolute atomic E-state index is 12.9. The molecule has 0 N–H and O–H groups in total. The standard InChI is InChI=1S/C16H14BrN5OS/c1-3-22(12-6-5-11(17)9-20-12)16(23)13-10(2)21-15(24-13)14-18-7-4-8-19-14/h4-9H,3H2,1-2H3. The number of rotatable bonds is 4. The molecule has 0 saturated heterocycles. The van der Waals surface area contributed by atoms with E-state index in [1.807, 2.05) is 26.0 Å². The highest BCUT2D eigenvalue weighted by Crippen LogP contribution is 2.27. The number of hydrogen-bond acceptors (Lipinski definition) is 6. The van der Waals surface area contributed by atoms with E-state index in [4.69, 9.17) is 0 Å². The van der Waals surface area contributed by atoms with Gasteiger partial charge in [-0.25, -0.2) is 19.9 Å². The van der Waals surface area contributed by atoms with Gasteiger partial charge in [0.25, 0.3) is 5.91 Å². The Balaban J connectivity index is 1.94. The summed E-state index contributed by atoms with van der Waals surface area (Å²) in [5.41, 5.74) is 0.669. The number of carbonyl (C=O) groups excluding carboxylic acids is 1. The second kappa shape index (κ2) is 7.14. The fourth-order valence-corrected chi connectivity index (χ4v) is 3.36. The summed E-state index contributed by atoms with van der Waals surface area (Å²) < 4.78 is 0.868. The van der Waals surface area contributed by atoms with E-state index < -0.39 is 0 Å². The van der Waals surface area contributed by atoms with Crippen molar-refractivity contribution in [3.63, 3.8) is 0 Å². The highest BCUT2D eigenvalue weighted by molar-refractivity contribution is 9.10. The number of halogens is 1. The van der Waals surface area contributed by atoms with E-state index in [2.05, 4.69) is 35.9 Å². The van der Waals surface area contributed by atoms with Crippen LogP contribution in [0.1, 0.15) is 22.3 Å². The van der Waals surface area contributed by atoms with E-state index in [0.29, 0.717) is 33.8 Å². The summed E-state index contributed by atoms with van der Waals surface area (Å²) in [7, 11) is 0. The number of amides is 1. The molecule has 0 aliphatic heterocycles. The first-order chi connectivity index (χ1) is 11.6. The van der Waals surface area contributed by atoms with Gasteiger partial charge in [0, 0.05) is 29.6 Å². The predicted octanol–water partition coefficient (Wildman–Crippen LogP) is 3.73. The molecule has 0 aromatic carbocycles. The van der Waals surface area contributed by atoms with Gasteiger partial charge in [-0.15, -0.1) is 11.3 Å². The number of hydrogen-bond donors (Lipinski definition) is 0. The van der Waals surface area contributed by atoms with Crippen LogP contribution in [0.15, 0.2) is 41.3 Å². The number of anilines is 1. The second-order valence-electron chi connectivity index (χ2n) is 4.89. The van der Waals surface area contributed by atoms with Gasteiger partial charge in [-0.3, -0.25) is 9.69 Å². The maximum atomic E-state index is 12.9. The Morgan fingerprint density at radius 3 is 2.62 bits per heavy atom. The minimum absolute atomic E-state index is 0.121. The van der Waals surface area contributed by atoms with Crippen LogP contribution in [0.4, 0.5) is 5.82 Å². The molecule has 3 aromatic rings. The third-order valence-electron chi connectivity index (χ3n) is 3.30. The van der Waals surface area contributed by atoms with Crippen molar-refractivity contribution in [2.24, 2.45) is 0 Å². The van der Waals surface area contributed by atoms with Crippen LogP contribution in [0.5, 0.6) is 0 Å². The van der Waals surface area contributed by atoms with Gasteiger partial charge in [0.1, 0.15) is 10.7 Å². The lowest BCUT2D eigenvalue weighted by molar-refractivity contribution is 0.0990. The largest absolute Gasteiger partial charge is 0.292 e. The minimum atomic E-state index is -0.121. The van der Waals surface area contributed by atoms with Gasteiger partial charge in [0.15, 0.2) is 10.8 Å². The van der Waals surface area contributed by atoms with Crippen LogP contribution in [0.25, 0.3) is 10.8 Å². The van der Waals surface area contributed by atoms with E-state index in [9.17, 15) is 4.79 Å². The van der Waals surface area contributed by atoms with Gasteiger partial charge in [0.05, 0.1) is 5.69 Å². The van der Waals surface area contributed by atoms with E-state index in [1.54, 1.807) is 29.6 Å². The number of aromatic nitrogens is 4. The van der Waals surface area contributed by atoms with Gasteiger partial charge in [-0.05, 0) is 48.0 Å². The first-order valence-electron chi connectivity index (χ1n) is 7.28. The smallest absolute Gasteiger partial charge is 0.271 e. The molecule has 122 valence electrons. The third kappa shape index (κ3) is 3.34. The summed E-state index contributed by atoms with van der Waals surface area (Å²) in [6, 6.07) is 5.41. The lowest BCUT2D eigenvalue weighted by Crippen LogP contribution is -2.31. The van der Waals surface area contributed by atoms with Gasteiger partial charge in [0.2, 0.25) is 0 Å². The molecule has 0 saturated carbocycles. The molecular formula is C16H14BrN5OS. The Hall–Kier alpha value is -2.19. The molecule has 3 rings (SSSR count). The average Bonchev–Trinajstić information content (AvgIpc) is 3.00. The van der Waals surface area contributed by atoms with Crippen molar-refractivity contribution in [3.8, 4) is 10.8 Å². The topological polar surface area (TPSA) is 71.9 Å². The average molecular weight is 404 g/mol. The summed E-state index contributed by atoms with van der Waals surface area (Å²) in [6.07, 6.45) is 4.99. The third-order valence-corrected chi connectivity index (χ3v) is 4.91. The van der Waals surface area contributed by atoms with Crippen LogP contribution in [-0.2, 0) is 0 Å². The molecule has 0 spiro atoms. The summed E-state index contributed by atoms with van der Waals surface area (Å²) in [5, 5.41) is 0.635. The van der Waals surface area contributed by atoms with Crippen molar-refractivity contribution < 1.29 is 4.79 Å². The lowest BCUT2D eigenvalue weighted by Gasteiger charge is -2.19. The highest BCUT2D eigenvalue weighted by Gasteiger charge is 2.23. The Kier molecular flexibility index (Phi) is 4.96. The maximum Gasteiger partial charge on any atom is 0.271 e. The van der Waals surface area contributed by atoms with Crippen LogP contribution in [0, 0.1) is 6.92 Å². The molecule has 8 heteroatoms. The van der Waals surface area contributed by atoms with Crippen LogP contribution in [0.2, 0.25) is 0 Å². The number of carbonyl (C=O) groups is 1. The van der Waals surface area contributed by atoms with Gasteiger partial charge in [-0.1, -0.05) is 0 Å². The van der Waals surface area contributed by atoms with E-state index in [-0.39, 0.29) is 5.91 Å². The van der Waals surface area contributed by atoms with Gasteiger partial charge >= 0.3 is 0 Å². The SMILES string of the molecule is CCN(C(=O)c1sc(-c2ncccn2)nc1C)c1ccc(Br)cn1. The fourth-order valence-electron chi connectivity index (χ4n) is 2.16. The number of pyridine rings is 1. The molecule has 3 aromatic heterocycles. The summed E-state index contributed by atoms with van der Waals surface area (Å²) in [6.45, 7) is 4.25. The van der Waals surface area contributed by atoms with E-state index in [0.717, 1.165) is 4.47 Å². The van der Waals surface area contributed by atoms with Crippen LogP contribution < -0.4 is 4.90 Å². The zero-order valence-corrected chi connectivity index (χ0v) is 15.5. The van der Waals surface area contributed by atoms with Crippen LogP contribution >= 0.6 is 27.3 Å². The molecule has 0 bridgehead atoms. The summed E-state index contributed by atoms with van der Waals surface area (Å²) >= 11 is 4.65. The van der Waals surface area contributed by atoms with Crippen molar-refractivity contribution in [2.45, 2.75) is 13.8 Å². The Bertz CT molecular complexity index is 851. The van der Waals surface area contributed by atoms with Crippen LogP contribution in [-0.4, -0.2) is 32.4 Å². The monoisotopic (exact) mass is 403 g/mol. The van der Waals surface area contributed by atoms with Crippen LogP contribution in [0.3, 0.4) is 0 Å². The first kappa shape index (κ1) is 16.7. The molecule has 0 radical (unpaired) electrons. The Labute approximate surface area is 151 Å². The summed E-state index contributed by atoms with van der Waals surface area (Å²) in [5.74, 6) is 1.01. The summed E-state index contributed by atoms with van der Waals surface area (Å²) in [4.78, 5) is 32.3. The molecule has 0 fully saturated rings. The molecule has 3 heterocycles. The Morgan fingerprint density at radius 2 is 2.00 bits per heavy atom. The molecule has 6 nitrogen and oxygen atoms in total. The van der Waals surface area contributed by atoms with Gasteiger partial charge in [-0.2, -0.15) is 0 Å².